The van der Waals surface area contributed by atoms with Crippen LogP contribution in [0, 0.1) is 23.2 Å². The molecule has 2 aromatic rings. The second-order valence-corrected chi connectivity index (χ2v) is 10.5. The molecule has 0 radical (unpaired) electrons. The average Bonchev–Trinajstić information content (AvgIpc) is 3.17. The fourth-order valence-electron chi connectivity index (χ4n) is 6.30. The molecule has 8 nitrogen and oxygen atoms in total. The molecule has 0 aromatic carbocycles. The molecule has 5 atom stereocenters. The summed E-state index contributed by atoms with van der Waals surface area (Å²) in [5.41, 5.74) is 0.393. The first-order chi connectivity index (χ1) is 15.4. The largest absolute Gasteiger partial charge is 0.396 e. The number of aromatic nitrogens is 4. The van der Waals surface area contributed by atoms with Crippen molar-refractivity contribution in [3.8, 4) is 0 Å². The number of aliphatic hydroxyl groups is 3. The quantitative estimate of drug-likeness (QED) is 0.466. The minimum absolute atomic E-state index is 0.132. The van der Waals surface area contributed by atoms with Gasteiger partial charge in [-0.25, -0.2) is 4.98 Å². The van der Waals surface area contributed by atoms with Crippen LogP contribution in [0.25, 0.3) is 11.2 Å². The number of hydrogen-bond acceptors (Lipinski definition) is 7. The third-order valence-corrected chi connectivity index (χ3v) is 9.14. The number of hydrogen-bond donors (Lipinski definition) is 4. The molecule has 3 aliphatic carbocycles. The molecule has 0 amide bonds. The molecule has 3 saturated carbocycles. The molecular formula is C23H34ClN5O3. The lowest BCUT2D eigenvalue weighted by Crippen LogP contribution is -2.42. The van der Waals surface area contributed by atoms with E-state index in [9.17, 15) is 15.3 Å². The molecule has 0 saturated heterocycles. The SMILES string of the molecule is CCC1(CO)[C@H](C)[C@@H](n2cnc3c(NC(C4CCC4)C4CCC4)nc(Cl)nc32)[C@H](O)[C@@H]1O. The van der Waals surface area contributed by atoms with Gasteiger partial charge in [0.2, 0.25) is 5.28 Å². The second-order valence-electron chi connectivity index (χ2n) is 10.2. The molecule has 3 fully saturated rings. The smallest absolute Gasteiger partial charge is 0.226 e. The van der Waals surface area contributed by atoms with Gasteiger partial charge in [0.1, 0.15) is 6.10 Å². The van der Waals surface area contributed by atoms with Gasteiger partial charge in [0.05, 0.1) is 25.1 Å². The van der Waals surface area contributed by atoms with E-state index in [1.165, 1.54) is 38.5 Å². The zero-order valence-corrected chi connectivity index (χ0v) is 19.5. The Morgan fingerprint density at radius 2 is 1.84 bits per heavy atom. The fourth-order valence-corrected chi connectivity index (χ4v) is 6.47. The number of anilines is 1. The number of imidazole rings is 1. The zero-order chi connectivity index (χ0) is 22.6. The van der Waals surface area contributed by atoms with Crippen LogP contribution < -0.4 is 5.32 Å². The highest BCUT2D eigenvalue weighted by molar-refractivity contribution is 6.28. The van der Waals surface area contributed by atoms with E-state index in [4.69, 9.17) is 11.6 Å². The van der Waals surface area contributed by atoms with Crippen LogP contribution in [0.15, 0.2) is 6.33 Å². The highest BCUT2D eigenvalue weighted by atomic mass is 35.5. The van der Waals surface area contributed by atoms with Crippen molar-refractivity contribution in [1.29, 1.82) is 0 Å². The summed E-state index contributed by atoms with van der Waals surface area (Å²) in [7, 11) is 0. The summed E-state index contributed by atoms with van der Waals surface area (Å²) in [5.74, 6) is 1.77. The van der Waals surface area contributed by atoms with Gasteiger partial charge in [-0.15, -0.1) is 0 Å². The van der Waals surface area contributed by atoms with Gasteiger partial charge in [-0.1, -0.05) is 26.7 Å². The van der Waals surface area contributed by atoms with Gasteiger partial charge >= 0.3 is 0 Å². The summed E-state index contributed by atoms with van der Waals surface area (Å²) in [6, 6.07) is -0.105. The molecule has 0 spiro atoms. The van der Waals surface area contributed by atoms with Crippen molar-refractivity contribution in [2.75, 3.05) is 11.9 Å². The van der Waals surface area contributed by atoms with Crippen LogP contribution in [0.1, 0.15) is 64.8 Å². The lowest BCUT2D eigenvalue weighted by Gasteiger charge is -2.43. The Hall–Kier alpha value is -1.48. The summed E-state index contributed by atoms with van der Waals surface area (Å²) in [6.07, 6.45) is 7.68. The molecule has 1 unspecified atom stereocenters. The zero-order valence-electron chi connectivity index (χ0n) is 18.8. The first-order valence-corrected chi connectivity index (χ1v) is 12.4. The standard InChI is InChI=1S/C23H34ClN5O3/c1-3-23(10-30)12(2)17(18(31)19(23)32)29-11-25-16-20(27-22(24)28-21(16)29)26-15(13-6-4-7-13)14-8-5-9-14/h11-15,17-19,30-32H,3-10H2,1-2H3,(H,26,27,28)/t12-,17-,18+,19+,23?/m1/s1. The summed E-state index contributed by atoms with van der Waals surface area (Å²) >= 11 is 6.35. The van der Waals surface area contributed by atoms with E-state index in [-0.39, 0.29) is 17.8 Å². The van der Waals surface area contributed by atoms with Crippen LogP contribution >= 0.6 is 11.6 Å². The highest BCUT2D eigenvalue weighted by Crippen LogP contribution is 2.52. The first-order valence-electron chi connectivity index (χ1n) is 12.0. The van der Waals surface area contributed by atoms with Crippen LogP contribution in [0.4, 0.5) is 5.82 Å². The van der Waals surface area contributed by atoms with E-state index in [1.54, 1.807) is 10.9 Å². The van der Waals surface area contributed by atoms with Crippen LogP contribution in [-0.4, -0.2) is 59.7 Å². The maximum atomic E-state index is 11.0. The van der Waals surface area contributed by atoms with Crippen molar-refractivity contribution in [2.45, 2.75) is 83.1 Å². The van der Waals surface area contributed by atoms with Crippen LogP contribution in [-0.2, 0) is 0 Å². The van der Waals surface area contributed by atoms with Crippen molar-refractivity contribution in [2.24, 2.45) is 23.2 Å². The lowest BCUT2D eigenvalue weighted by atomic mass is 9.68. The topological polar surface area (TPSA) is 116 Å². The first kappa shape index (κ1) is 22.3. The van der Waals surface area contributed by atoms with Gasteiger partial charge in [-0.05, 0) is 61.5 Å². The monoisotopic (exact) mass is 463 g/mol. The minimum Gasteiger partial charge on any atom is -0.396 e. The van der Waals surface area contributed by atoms with Crippen molar-refractivity contribution in [1.82, 2.24) is 19.5 Å². The molecule has 5 rings (SSSR count). The van der Waals surface area contributed by atoms with Crippen LogP contribution in [0.2, 0.25) is 5.28 Å². The molecule has 176 valence electrons. The Morgan fingerprint density at radius 3 is 2.34 bits per heavy atom. The predicted octanol–water partition coefficient (Wildman–Crippen LogP) is 3.16. The Bertz CT molecular complexity index is 958. The van der Waals surface area contributed by atoms with E-state index in [2.05, 4.69) is 20.3 Å². The highest BCUT2D eigenvalue weighted by Gasteiger charge is 2.57. The Morgan fingerprint density at radius 1 is 1.19 bits per heavy atom. The Labute approximate surface area is 193 Å². The summed E-state index contributed by atoms with van der Waals surface area (Å²) in [4.78, 5) is 13.6. The fraction of sp³-hybridized carbons (Fsp3) is 0.783. The summed E-state index contributed by atoms with van der Waals surface area (Å²) in [5, 5.41) is 35.7. The summed E-state index contributed by atoms with van der Waals surface area (Å²) in [6.45, 7) is 3.69. The predicted molar refractivity (Wildman–Crippen MR) is 122 cm³/mol. The van der Waals surface area contributed by atoms with E-state index < -0.39 is 23.7 Å². The number of nitrogens with one attached hydrogen (secondary N) is 1. The molecule has 2 aromatic heterocycles. The molecular weight excluding hydrogens is 430 g/mol. The molecule has 32 heavy (non-hydrogen) atoms. The van der Waals surface area contributed by atoms with Gasteiger partial charge in [0.15, 0.2) is 17.0 Å². The second kappa shape index (κ2) is 8.38. The number of fused-ring (bicyclic) bond motifs is 1. The van der Waals surface area contributed by atoms with E-state index >= 15 is 0 Å². The Balaban J connectivity index is 1.52. The lowest BCUT2D eigenvalue weighted by molar-refractivity contribution is -0.0584. The molecule has 0 bridgehead atoms. The van der Waals surface area contributed by atoms with Gasteiger partial charge in [-0.2, -0.15) is 9.97 Å². The van der Waals surface area contributed by atoms with Crippen LogP contribution in [0.5, 0.6) is 0 Å². The number of aliphatic hydroxyl groups excluding tert-OH is 3. The maximum Gasteiger partial charge on any atom is 0.226 e. The number of rotatable bonds is 7. The maximum absolute atomic E-state index is 11.0. The van der Waals surface area contributed by atoms with Crippen molar-refractivity contribution in [3.05, 3.63) is 11.6 Å². The summed E-state index contributed by atoms with van der Waals surface area (Å²) < 4.78 is 1.81. The third kappa shape index (κ3) is 3.25. The van der Waals surface area contributed by atoms with E-state index in [0.29, 0.717) is 41.3 Å². The minimum atomic E-state index is -1.04. The third-order valence-electron chi connectivity index (χ3n) is 8.97. The molecule has 3 aliphatic rings. The van der Waals surface area contributed by atoms with Crippen molar-refractivity contribution in [3.63, 3.8) is 0 Å². The molecule has 0 aliphatic heterocycles. The van der Waals surface area contributed by atoms with Crippen LogP contribution in [0.3, 0.4) is 0 Å². The normalized spacial score (nSPS) is 33.6. The van der Waals surface area contributed by atoms with Gasteiger partial charge < -0.3 is 25.2 Å². The molecule has 9 heteroatoms. The Kier molecular flexibility index (Phi) is 5.85. The van der Waals surface area contributed by atoms with Crippen molar-refractivity contribution < 1.29 is 15.3 Å². The number of halogens is 1. The van der Waals surface area contributed by atoms with Gasteiger partial charge in [0.25, 0.3) is 0 Å². The van der Waals surface area contributed by atoms with Crippen molar-refractivity contribution >= 4 is 28.6 Å². The number of nitrogens with zero attached hydrogens (tertiary/aromatic N) is 4. The van der Waals surface area contributed by atoms with E-state index in [0.717, 1.165) is 0 Å². The van der Waals surface area contributed by atoms with Gasteiger partial charge in [-0.3, -0.25) is 0 Å². The molecule has 2 heterocycles. The molecule has 4 N–H and O–H groups in total. The van der Waals surface area contributed by atoms with Gasteiger partial charge in [0, 0.05) is 11.5 Å². The van der Waals surface area contributed by atoms with E-state index in [1.807, 2.05) is 13.8 Å². The average molecular weight is 464 g/mol.